The molecular formula is C22H21N5O2S. The van der Waals surface area contributed by atoms with Crippen molar-refractivity contribution >= 4 is 51.5 Å². The molecule has 2 amide bonds. The second-order valence-corrected chi connectivity index (χ2v) is 8.00. The molecule has 1 atom stereocenters. The molecule has 0 bridgehead atoms. The van der Waals surface area contributed by atoms with Gasteiger partial charge in [-0.25, -0.2) is 0 Å². The summed E-state index contributed by atoms with van der Waals surface area (Å²) < 4.78 is 1.98. The Morgan fingerprint density at radius 2 is 1.67 bits per heavy atom. The van der Waals surface area contributed by atoms with E-state index in [-0.39, 0.29) is 17.1 Å². The van der Waals surface area contributed by atoms with Gasteiger partial charge in [-0.15, -0.1) is 10.2 Å². The third-order valence-electron chi connectivity index (χ3n) is 4.63. The van der Waals surface area contributed by atoms with Crippen LogP contribution >= 0.6 is 11.8 Å². The predicted molar refractivity (Wildman–Crippen MR) is 120 cm³/mol. The Labute approximate surface area is 177 Å². The molecule has 0 aliphatic rings. The Hall–Kier alpha value is -3.39. The van der Waals surface area contributed by atoms with E-state index in [1.807, 2.05) is 47.7 Å². The maximum Gasteiger partial charge on any atom is 0.237 e. The molecule has 0 fully saturated rings. The van der Waals surface area contributed by atoms with Crippen LogP contribution in [0.15, 0.2) is 65.8 Å². The Morgan fingerprint density at radius 3 is 2.37 bits per heavy atom. The zero-order valence-electron chi connectivity index (χ0n) is 16.6. The largest absolute Gasteiger partial charge is 0.326 e. The molecule has 2 heterocycles. The highest BCUT2D eigenvalue weighted by Gasteiger charge is 2.21. The number of anilines is 2. The van der Waals surface area contributed by atoms with Crippen molar-refractivity contribution in [3.63, 3.8) is 0 Å². The summed E-state index contributed by atoms with van der Waals surface area (Å²) in [5.41, 5.74) is 3.11. The molecular weight excluding hydrogens is 398 g/mol. The summed E-state index contributed by atoms with van der Waals surface area (Å²) >= 11 is 1.40. The number of hydrogen-bond acceptors (Lipinski definition) is 5. The number of benzene rings is 2. The zero-order chi connectivity index (χ0) is 21.1. The average Bonchev–Trinajstić information content (AvgIpc) is 3.16. The number of carbonyl (C=O) groups excluding carboxylic acids is 2. The summed E-state index contributed by atoms with van der Waals surface area (Å²) in [4.78, 5) is 24.0. The van der Waals surface area contributed by atoms with Gasteiger partial charge < -0.3 is 10.6 Å². The molecule has 0 radical (unpaired) electrons. The minimum absolute atomic E-state index is 0.105. The van der Waals surface area contributed by atoms with E-state index in [4.69, 9.17) is 0 Å². The van der Waals surface area contributed by atoms with E-state index in [1.54, 1.807) is 24.3 Å². The van der Waals surface area contributed by atoms with E-state index >= 15 is 0 Å². The number of nitrogens with zero attached hydrogens (tertiary/aromatic N) is 3. The van der Waals surface area contributed by atoms with Crippen molar-refractivity contribution in [2.75, 3.05) is 10.6 Å². The van der Waals surface area contributed by atoms with Gasteiger partial charge in [0, 0.05) is 18.3 Å². The molecule has 2 N–H and O–H groups in total. The Balaban J connectivity index is 1.54. The quantitative estimate of drug-likeness (QED) is 0.454. The second kappa shape index (κ2) is 8.54. The summed E-state index contributed by atoms with van der Waals surface area (Å²) in [5, 5.41) is 15.7. The van der Waals surface area contributed by atoms with Gasteiger partial charge in [0.2, 0.25) is 11.8 Å². The predicted octanol–water partition coefficient (Wildman–Crippen LogP) is 4.35. The minimum atomic E-state index is -0.327. The maximum atomic E-state index is 12.9. The first kappa shape index (κ1) is 19.9. The van der Waals surface area contributed by atoms with Crippen LogP contribution in [0.5, 0.6) is 0 Å². The average molecular weight is 420 g/mol. The molecule has 2 aromatic carbocycles. The summed E-state index contributed by atoms with van der Waals surface area (Å²) in [7, 11) is 0. The van der Waals surface area contributed by atoms with E-state index in [1.165, 1.54) is 18.7 Å². The molecule has 0 aliphatic carbocycles. The smallest absolute Gasteiger partial charge is 0.237 e. The van der Waals surface area contributed by atoms with Crippen molar-refractivity contribution in [1.29, 1.82) is 0 Å². The van der Waals surface area contributed by atoms with Gasteiger partial charge in [0.25, 0.3) is 0 Å². The van der Waals surface area contributed by atoms with E-state index < -0.39 is 0 Å². The molecule has 8 heteroatoms. The van der Waals surface area contributed by atoms with E-state index in [2.05, 4.69) is 20.8 Å². The fourth-order valence-electron chi connectivity index (χ4n) is 3.20. The highest BCUT2D eigenvalue weighted by atomic mass is 32.2. The SMILES string of the molecule is CCC(Sc1nnc2ccc3ccccc3n12)C(=O)Nc1ccc(NC(C)=O)cc1. The molecule has 2 aromatic heterocycles. The summed E-state index contributed by atoms with van der Waals surface area (Å²) in [6.45, 7) is 3.43. The lowest BCUT2D eigenvalue weighted by atomic mass is 10.2. The monoisotopic (exact) mass is 419 g/mol. The van der Waals surface area contributed by atoms with E-state index in [0.29, 0.717) is 23.0 Å². The number of rotatable bonds is 6. The fraction of sp³-hybridized carbons (Fsp3) is 0.182. The van der Waals surface area contributed by atoms with Crippen LogP contribution in [0.3, 0.4) is 0 Å². The number of para-hydroxylation sites is 1. The molecule has 4 rings (SSSR count). The highest BCUT2D eigenvalue weighted by Crippen LogP contribution is 2.28. The molecule has 1 unspecified atom stereocenters. The molecule has 7 nitrogen and oxygen atoms in total. The van der Waals surface area contributed by atoms with Crippen LogP contribution in [0.25, 0.3) is 16.6 Å². The lowest BCUT2D eigenvalue weighted by Gasteiger charge is -2.14. The minimum Gasteiger partial charge on any atom is -0.326 e. The molecule has 0 spiro atoms. The van der Waals surface area contributed by atoms with Gasteiger partial charge in [-0.05, 0) is 54.3 Å². The molecule has 0 saturated heterocycles. The van der Waals surface area contributed by atoms with Crippen LogP contribution in [0.1, 0.15) is 20.3 Å². The van der Waals surface area contributed by atoms with Crippen LogP contribution in [-0.4, -0.2) is 31.7 Å². The van der Waals surface area contributed by atoms with Crippen LogP contribution in [0, 0.1) is 0 Å². The maximum absolute atomic E-state index is 12.9. The van der Waals surface area contributed by atoms with Crippen molar-refractivity contribution in [1.82, 2.24) is 14.6 Å². The van der Waals surface area contributed by atoms with Crippen molar-refractivity contribution in [3.05, 3.63) is 60.7 Å². The van der Waals surface area contributed by atoms with Crippen LogP contribution in [-0.2, 0) is 9.59 Å². The number of hydrogen-bond donors (Lipinski definition) is 2. The second-order valence-electron chi connectivity index (χ2n) is 6.83. The fourth-order valence-corrected chi connectivity index (χ4v) is 4.17. The van der Waals surface area contributed by atoms with Gasteiger partial charge in [-0.1, -0.05) is 36.9 Å². The molecule has 0 saturated carbocycles. The lowest BCUT2D eigenvalue weighted by Crippen LogP contribution is -2.24. The number of pyridine rings is 1. The van der Waals surface area contributed by atoms with E-state index in [9.17, 15) is 9.59 Å². The topological polar surface area (TPSA) is 88.4 Å². The number of aromatic nitrogens is 3. The third-order valence-corrected chi connectivity index (χ3v) is 5.94. The van der Waals surface area contributed by atoms with Gasteiger partial charge in [0.05, 0.1) is 10.8 Å². The first-order valence-electron chi connectivity index (χ1n) is 9.63. The normalized spacial score (nSPS) is 12.1. The number of amides is 2. The van der Waals surface area contributed by atoms with Crippen molar-refractivity contribution < 1.29 is 9.59 Å². The van der Waals surface area contributed by atoms with Gasteiger partial charge >= 0.3 is 0 Å². The van der Waals surface area contributed by atoms with Crippen LogP contribution < -0.4 is 10.6 Å². The van der Waals surface area contributed by atoms with Gasteiger partial charge in [0.15, 0.2) is 10.8 Å². The molecule has 4 aromatic rings. The first-order valence-corrected chi connectivity index (χ1v) is 10.5. The highest BCUT2D eigenvalue weighted by molar-refractivity contribution is 8.00. The summed E-state index contributed by atoms with van der Waals surface area (Å²) in [5.74, 6) is -0.242. The Kier molecular flexibility index (Phi) is 5.67. The van der Waals surface area contributed by atoms with E-state index in [0.717, 1.165) is 16.6 Å². The van der Waals surface area contributed by atoms with Crippen LogP contribution in [0.4, 0.5) is 11.4 Å². The molecule has 0 aliphatic heterocycles. The first-order chi connectivity index (χ1) is 14.5. The van der Waals surface area contributed by atoms with Crippen molar-refractivity contribution in [3.8, 4) is 0 Å². The summed E-state index contributed by atoms with van der Waals surface area (Å²) in [6, 6.07) is 19.0. The number of thioether (sulfide) groups is 1. The van der Waals surface area contributed by atoms with Gasteiger partial charge in [-0.3, -0.25) is 14.0 Å². The van der Waals surface area contributed by atoms with Crippen LogP contribution in [0.2, 0.25) is 0 Å². The number of fused-ring (bicyclic) bond motifs is 3. The summed E-state index contributed by atoms with van der Waals surface area (Å²) in [6.07, 6.45) is 0.639. The number of carbonyl (C=O) groups is 2. The lowest BCUT2D eigenvalue weighted by molar-refractivity contribution is -0.116. The third kappa shape index (κ3) is 4.13. The molecule has 30 heavy (non-hydrogen) atoms. The van der Waals surface area contributed by atoms with Gasteiger partial charge in [-0.2, -0.15) is 0 Å². The van der Waals surface area contributed by atoms with Crippen molar-refractivity contribution in [2.45, 2.75) is 30.7 Å². The zero-order valence-corrected chi connectivity index (χ0v) is 17.4. The molecule has 152 valence electrons. The number of nitrogens with one attached hydrogen (secondary N) is 2. The standard InChI is InChI=1S/C22H21N5O2S/c1-3-19(21(29)24-17-11-9-16(10-12-17)23-14(2)28)30-22-26-25-20-13-8-15-6-4-5-7-18(15)27(20)22/h4-13,19H,3H2,1-2H3,(H,23,28)(H,24,29). The Bertz CT molecular complexity index is 1220. The Morgan fingerprint density at radius 1 is 0.967 bits per heavy atom. The van der Waals surface area contributed by atoms with Crippen molar-refractivity contribution in [2.24, 2.45) is 0 Å². The van der Waals surface area contributed by atoms with Gasteiger partial charge in [0.1, 0.15) is 0 Å².